The Morgan fingerprint density at radius 2 is 1.96 bits per heavy atom. The van der Waals surface area contributed by atoms with Gasteiger partial charge in [-0.25, -0.2) is 8.42 Å². The molecule has 7 heteroatoms. The number of sulfone groups is 1. The SMILES string of the molecule is C[C@H]1CN(C)CCN1C(=O)CS(=O)(=O)Cc1ccc(C#N)cc1. The molecule has 1 aliphatic rings. The van der Waals surface area contributed by atoms with Crippen LogP contribution in [0.1, 0.15) is 18.1 Å². The molecule has 6 nitrogen and oxygen atoms in total. The van der Waals surface area contributed by atoms with Crippen LogP contribution in [0.15, 0.2) is 24.3 Å². The van der Waals surface area contributed by atoms with Crippen LogP contribution in [-0.2, 0) is 20.4 Å². The van der Waals surface area contributed by atoms with Crippen molar-refractivity contribution in [2.75, 3.05) is 32.4 Å². The van der Waals surface area contributed by atoms with Crippen molar-refractivity contribution in [3.05, 3.63) is 35.4 Å². The Hall–Kier alpha value is -1.91. The minimum atomic E-state index is -3.53. The van der Waals surface area contributed by atoms with Gasteiger partial charge in [0.15, 0.2) is 9.84 Å². The fourth-order valence-corrected chi connectivity index (χ4v) is 4.11. The molecule has 1 aromatic rings. The standard InChI is InChI=1S/C16H21N3O3S/c1-13-10-18(2)7-8-19(13)16(20)12-23(21,22)11-15-5-3-14(9-17)4-6-15/h3-6,13H,7-8,10-12H2,1-2H3/t13-/m0/s1. The molecule has 0 aromatic heterocycles. The smallest absolute Gasteiger partial charge is 0.238 e. The molecule has 0 spiro atoms. The van der Waals surface area contributed by atoms with E-state index in [0.29, 0.717) is 17.7 Å². The summed E-state index contributed by atoms with van der Waals surface area (Å²) >= 11 is 0. The van der Waals surface area contributed by atoms with Crippen molar-refractivity contribution in [2.24, 2.45) is 0 Å². The number of nitriles is 1. The van der Waals surface area contributed by atoms with Crippen molar-refractivity contribution in [3.63, 3.8) is 0 Å². The van der Waals surface area contributed by atoms with E-state index in [1.807, 2.05) is 20.0 Å². The fourth-order valence-electron chi connectivity index (χ4n) is 2.76. The summed E-state index contributed by atoms with van der Waals surface area (Å²) in [4.78, 5) is 16.1. The minimum absolute atomic E-state index is 0.0198. The maximum absolute atomic E-state index is 12.3. The van der Waals surface area contributed by atoms with E-state index >= 15 is 0 Å². The van der Waals surface area contributed by atoms with E-state index in [9.17, 15) is 13.2 Å². The van der Waals surface area contributed by atoms with Gasteiger partial charge < -0.3 is 9.80 Å². The molecule has 1 aromatic carbocycles. The first kappa shape index (κ1) is 17.4. The lowest BCUT2D eigenvalue weighted by atomic mass is 10.2. The van der Waals surface area contributed by atoms with E-state index in [2.05, 4.69) is 4.90 Å². The number of rotatable bonds is 4. The van der Waals surface area contributed by atoms with E-state index in [1.54, 1.807) is 29.2 Å². The normalized spacial score (nSPS) is 19.3. The van der Waals surface area contributed by atoms with Crippen molar-refractivity contribution in [3.8, 4) is 6.07 Å². The predicted molar refractivity (Wildman–Crippen MR) is 87.3 cm³/mol. The van der Waals surface area contributed by atoms with Crippen LogP contribution in [-0.4, -0.2) is 62.6 Å². The zero-order valence-corrected chi connectivity index (χ0v) is 14.2. The van der Waals surface area contributed by atoms with Crippen LogP contribution in [0, 0.1) is 11.3 Å². The topological polar surface area (TPSA) is 81.5 Å². The highest BCUT2D eigenvalue weighted by atomic mass is 32.2. The van der Waals surface area contributed by atoms with Crippen LogP contribution in [0.25, 0.3) is 0 Å². The molecule has 1 fully saturated rings. The predicted octanol–water partition coefficient (Wildman–Crippen LogP) is 0.636. The third kappa shape index (κ3) is 4.78. The van der Waals surface area contributed by atoms with Crippen LogP contribution in [0.2, 0.25) is 0 Å². The lowest BCUT2D eigenvalue weighted by Crippen LogP contribution is -2.54. The maximum atomic E-state index is 12.3. The molecule has 124 valence electrons. The quantitative estimate of drug-likeness (QED) is 0.806. The monoisotopic (exact) mass is 335 g/mol. The van der Waals surface area contributed by atoms with Gasteiger partial charge in [-0.15, -0.1) is 0 Å². The third-order valence-corrected chi connectivity index (χ3v) is 5.42. The molecule has 23 heavy (non-hydrogen) atoms. The number of hydrogen-bond acceptors (Lipinski definition) is 5. The van der Waals surface area contributed by atoms with Crippen LogP contribution < -0.4 is 0 Å². The maximum Gasteiger partial charge on any atom is 0.238 e. The fraction of sp³-hybridized carbons (Fsp3) is 0.500. The summed E-state index contributed by atoms with van der Waals surface area (Å²) in [7, 11) is -1.54. The Labute approximate surface area is 137 Å². The molecule has 1 aliphatic heterocycles. The van der Waals surface area contributed by atoms with Crippen molar-refractivity contribution in [1.29, 1.82) is 5.26 Å². The molecule has 1 heterocycles. The molecular formula is C16H21N3O3S. The summed E-state index contributed by atoms with van der Waals surface area (Å²) in [5.41, 5.74) is 1.07. The van der Waals surface area contributed by atoms with E-state index in [0.717, 1.165) is 13.1 Å². The second-order valence-electron chi connectivity index (χ2n) is 6.04. The average Bonchev–Trinajstić information content (AvgIpc) is 2.46. The Bertz CT molecular complexity index is 707. The van der Waals surface area contributed by atoms with E-state index in [-0.39, 0.29) is 17.7 Å². The number of likely N-dealkylation sites (N-methyl/N-ethyl adjacent to an activating group) is 1. The Morgan fingerprint density at radius 3 is 2.52 bits per heavy atom. The highest BCUT2D eigenvalue weighted by molar-refractivity contribution is 7.91. The molecule has 1 amide bonds. The Kier molecular flexibility index (Phi) is 5.39. The lowest BCUT2D eigenvalue weighted by Gasteiger charge is -2.38. The van der Waals surface area contributed by atoms with Gasteiger partial charge in [-0.05, 0) is 31.7 Å². The largest absolute Gasteiger partial charge is 0.337 e. The Balaban J connectivity index is 2.00. The highest BCUT2D eigenvalue weighted by Gasteiger charge is 2.28. The number of benzene rings is 1. The molecule has 0 bridgehead atoms. The molecule has 0 unspecified atom stereocenters. The van der Waals surface area contributed by atoms with Gasteiger partial charge in [-0.1, -0.05) is 12.1 Å². The van der Waals surface area contributed by atoms with Crippen LogP contribution >= 0.6 is 0 Å². The second-order valence-corrected chi connectivity index (χ2v) is 8.10. The first-order valence-corrected chi connectivity index (χ1v) is 9.30. The van der Waals surface area contributed by atoms with Gasteiger partial charge in [0.2, 0.25) is 5.91 Å². The first-order chi connectivity index (χ1) is 10.8. The minimum Gasteiger partial charge on any atom is -0.337 e. The van der Waals surface area contributed by atoms with E-state index in [4.69, 9.17) is 5.26 Å². The summed E-state index contributed by atoms with van der Waals surface area (Å²) in [6.07, 6.45) is 0. The summed E-state index contributed by atoms with van der Waals surface area (Å²) in [6.45, 7) is 4.00. The lowest BCUT2D eigenvalue weighted by molar-refractivity contribution is -0.132. The molecule has 1 saturated heterocycles. The molecule has 0 aliphatic carbocycles. The van der Waals surface area contributed by atoms with Gasteiger partial charge in [-0.3, -0.25) is 4.79 Å². The number of nitrogens with zero attached hydrogens (tertiary/aromatic N) is 3. The highest BCUT2D eigenvalue weighted by Crippen LogP contribution is 2.12. The van der Waals surface area contributed by atoms with Gasteiger partial charge in [0.05, 0.1) is 17.4 Å². The summed E-state index contributed by atoms with van der Waals surface area (Å²) in [5.74, 6) is -0.993. The number of carbonyl (C=O) groups excluding carboxylic acids is 1. The number of carbonyl (C=O) groups is 1. The van der Waals surface area contributed by atoms with Crippen molar-refractivity contribution in [2.45, 2.75) is 18.7 Å². The Morgan fingerprint density at radius 1 is 1.30 bits per heavy atom. The number of amides is 1. The first-order valence-electron chi connectivity index (χ1n) is 7.48. The van der Waals surface area contributed by atoms with Gasteiger partial charge in [-0.2, -0.15) is 5.26 Å². The zero-order valence-electron chi connectivity index (χ0n) is 13.4. The summed E-state index contributed by atoms with van der Waals surface area (Å²) in [6, 6.07) is 8.38. The number of piperazine rings is 1. The van der Waals surface area contributed by atoms with Gasteiger partial charge in [0.1, 0.15) is 5.75 Å². The molecular weight excluding hydrogens is 314 g/mol. The van der Waals surface area contributed by atoms with Crippen molar-refractivity contribution < 1.29 is 13.2 Å². The summed E-state index contributed by atoms with van der Waals surface area (Å²) < 4.78 is 24.5. The van der Waals surface area contributed by atoms with E-state index in [1.165, 1.54) is 0 Å². The van der Waals surface area contributed by atoms with Crippen LogP contribution in [0.5, 0.6) is 0 Å². The second kappa shape index (κ2) is 7.11. The van der Waals surface area contributed by atoms with Crippen molar-refractivity contribution in [1.82, 2.24) is 9.80 Å². The third-order valence-electron chi connectivity index (χ3n) is 3.96. The molecule has 0 N–H and O–H groups in total. The molecule has 2 rings (SSSR count). The molecule has 0 radical (unpaired) electrons. The number of hydrogen-bond donors (Lipinski definition) is 0. The van der Waals surface area contributed by atoms with Gasteiger partial charge >= 0.3 is 0 Å². The van der Waals surface area contributed by atoms with Crippen molar-refractivity contribution >= 4 is 15.7 Å². The van der Waals surface area contributed by atoms with Crippen LogP contribution in [0.4, 0.5) is 0 Å². The zero-order chi connectivity index (χ0) is 17.0. The average molecular weight is 335 g/mol. The van der Waals surface area contributed by atoms with E-state index < -0.39 is 15.6 Å². The molecule has 1 atom stereocenters. The van der Waals surface area contributed by atoms with Gasteiger partial charge in [0, 0.05) is 25.7 Å². The summed E-state index contributed by atoms with van der Waals surface area (Å²) in [5, 5.41) is 8.75. The van der Waals surface area contributed by atoms with Gasteiger partial charge in [0.25, 0.3) is 0 Å². The molecule has 0 saturated carbocycles. The van der Waals surface area contributed by atoms with Crippen LogP contribution in [0.3, 0.4) is 0 Å².